The smallest absolute Gasteiger partial charge is 0.218 e. The van der Waals surface area contributed by atoms with Gasteiger partial charge in [-0.05, 0) is 24.0 Å². The summed E-state index contributed by atoms with van der Waals surface area (Å²) in [6, 6.07) is 7.43. The standard InChI is InChI=1S/C14H22N2O3S/c1-19-14-6-3-7-16(10-14)20(17,18)11-13-5-2-4-12(8-13)9-15/h2,4-5,8,14H,3,6-7,9-11,15H2,1H3. The minimum Gasteiger partial charge on any atom is -0.380 e. The van der Waals surface area contributed by atoms with Crippen LogP contribution in [0.1, 0.15) is 24.0 Å². The van der Waals surface area contributed by atoms with Gasteiger partial charge in [0.25, 0.3) is 0 Å². The first-order valence-corrected chi connectivity index (χ1v) is 8.44. The molecule has 0 bridgehead atoms. The molecule has 1 saturated heterocycles. The van der Waals surface area contributed by atoms with Gasteiger partial charge in [-0.1, -0.05) is 24.3 Å². The third kappa shape index (κ3) is 3.79. The van der Waals surface area contributed by atoms with Crippen LogP contribution in [-0.2, 0) is 27.1 Å². The van der Waals surface area contributed by atoms with Gasteiger partial charge in [-0.25, -0.2) is 8.42 Å². The molecule has 1 aliphatic rings. The largest absolute Gasteiger partial charge is 0.380 e. The predicted molar refractivity (Wildman–Crippen MR) is 78.6 cm³/mol. The van der Waals surface area contributed by atoms with Crippen molar-refractivity contribution in [1.29, 1.82) is 0 Å². The molecule has 1 heterocycles. The zero-order chi connectivity index (χ0) is 14.6. The number of piperidine rings is 1. The lowest BCUT2D eigenvalue weighted by molar-refractivity contribution is 0.0571. The van der Waals surface area contributed by atoms with Crippen LogP contribution in [0.5, 0.6) is 0 Å². The minimum absolute atomic E-state index is 0.00824. The predicted octanol–water partition coefficient (Wildman–Crippen LogP) is 1.09. The lowest BCUT2D eigenvalue weighted by Gasteiger charge is -2.31. The van der Waals surface area contributed by atoms with E-state index in [1.807, 2.05) is 24.3 Å². The number of ether oxygens (including phenoxy) is 1. The second-order valence-corrected chi connectivity index (χ2v) is 7.11. The van der Waals surface area contributed by atoms with E-state index in [-0.39, 0.29) is 11.9 Å². The number of sulfonamides is 1. The summed E-state index contributed by atoms with van der Waals surface area (Å²) in [6.07, 6.45) is 1.78. The Morgan fingerprint density at radius 3 is 2.85 bits per heavy atom. The molecule has 1 unspecified atom stereocenters. The fourth-order valence-corrected chi connectivity index (χ4v) is 4.08. The van der Waals surface area contributed by atoms with Gasteiger partial charge < -0.3 is 10.5 Å². The van der Waals surface area contributed by atoms with Crippen LogP contribution < -0.4 is 5.73 Å². The molecule has 2 rings (SSSR count). The molecule has 0 spiro atoms. The second kappa shape index (κ2) is 6.67. The van der Waals surface area contributed by atoms with Crippen LogP contribution in [0.4, 0.5) is 0 Å². The Balaban J connectivity index is 2.10. The Bertz CT molecular complexity index is 545. The summed E-state index contributed by atoms with van der Waals surface area (Å²) < 4.78 is 31.7. The van der Waals surface area contributed by atoms with E-state index in [9.17, 15) is 8.42 Å². The van der Waals surface area contributed by atoms with Crippen LogP contribution in [0.15, 0.2) is 24.3 Å². The van der Waals surface area contributed by atoms with Crippen molar-refractivity contribution in [3.8, 4) is 0 Å². The molecule has 1 aliphatic heterocycles. The highest BCUT2D eigenvalue weighted by atomic mass is 32.2. The highest BCUT2D eigenvalue weighted by Gasteiger charge is 2.28. The topological polar surface area (TPSA) is 72.6 Å². The maximum Gasteiger partial charge on any atom is 0.218 e. The van der Waals surface area contributed by atoms with Crippen molar-refractivity contribution in [2.75, 3.05) is 20.2 Å². The van der Waals surface area contributed by atoms with Gasteiger partial charge in [0.2, 0.25) is 10.0 Å². The Labute approximate surface area is 120 Å². The third-order valence-corrected chi connectivity index (χ3v) is 5.46. The first kappa shape index (κ1) is 15.4. The molecular formula is C14H22N2O3S. The molecule has 6 heteroatoms. The SMILES string of the molecule is COC1CCCN(S(=O)(=O)Cc2cccc(CN)c2)C1. The molecule has 2 N–H and O–H groups in total. The first-order chi connectivity index (χ1) is 9.55. The molecule has 1 aromatic rings. The lowest BCUT2D eigenvalue weighted by Crippen LogP contribution is -2.43. The number of rotatable bonds is 5. The molecule has 20 heavy (non-hydrogen) atoms. The Morgan fingerprint density at radius 1 is 1.40 bits per heavy atom. The number of hydrogen-bond donors (Lipinski definition) is 1. The number of benzene rings is 1. The van der Waals surface area contributed by atoms with E-state index >= 15 is 0 Å². The normalized spacial score (nSPS) is 21.0. The third-order valence-electron chi connectivity index (χ3n) is 3.64. The van der Waals surface area contributed by atoms with E-state index in [1.54, 1.807) is 11.4 Å². The summed E-state index contributed by atoms with van der Waals surface area (Å²) in [5.74, 6) is 0.0251. The van der Waals surface area contributed by atoms with Crippen molar-refractivity contribution < 1.29 is 13.2 Å². The molecule has 0 aliphatic carbocycles. The van der Waals surface area contributed by atoms with E-state index in [0.29, 0.717) is 19.6 Å². The van der Waals surface area contributed by atoms with Crippen LogP contribution in [0.25, 0.3) is 0 Å². The van der Waals surface area contributed by atoms with E-state index in [4.69, 9.17) is 10.5 Å². The molecule has 112 valence electrons. The maximum absolute atomic E-state index is 12.5. The van der Waals surface area contributed by atoms with E-state index in [2.05, 4.69) is 0 Å². The average molecular weight is 298 g/mol. The maximum atomic E-state index is 12.5. The van der Waals surface area contributed by atoms with Crippen LogP contribution in [0.2, 0.25) is 0 Å². The van der Waals surface area contributed by atoms with E-state index in [0.717, 1.165) is 24.0 Å². The Kier molecular flexibility index (Phi) is 5.15. The fourth-order valence-electron chi connectivity index (χ4n) is 2.50. The number of nitrogens with zero attached hydrogens (tertiary/aromatic N) is 1. The molecule has 1 aromatic carbocycles. The highest BCUT2D eigenvalue weighted by Crippen LogP contribution is 2.19. The minimum atomic E-state index is -3.29. The van der Waals surface area contributed by atoms with Crippen LogP contribution >= 0.6 is 0 Å². The summed E-state index contributed by atoms with van der Waals surface area (Å²) in [6.45, 7) is 1.46. The number of methoxy groups -OCH3 is 1. The van der Waals surface area contributed by atoms with E-state index in [1.165, 1.54) is 0 Å². The summed E-state index contributed by atoms with van der Waals surface area (Å²) in [5.41, 5.74) is 7.32. The quantitative estimate of drug-likeness (QED) is 0.883. The summed E-state index contributed by atoms with van der Waals surface area (Å²) in [5, 5.41) is 0. The van der Waals surface area contributed by atoms with Crippen molar-refractivity contribution in [2.45, 2.75) is 31.2 Å². The van der Waals surface area contributed by atoms with Crippen LogP contribution in [-0.4, -0.2) is 39.0 Å². The molecule has 0 radical (unpaired) electrons. The van der Waals surface area contributed by atoms with Crippen molar-refractivity contribution in [1.82, 2.24) is 4.31 Å². The second-order valence-electron chi connectivity index (χ2n) is 5.14. The van der Waals surface area contributed by atoms with Gasteiger partial charge in [0.15, 0.2) is 0 Å². The van der Waals surface area contributed by atoms with Gasteiger partial charge >= 0.3 is 0 Å². The summed E-state index contributed by atoms with van der Waals surface area (Å²) >= 11 is 0. The van der Waals surface area contributed by atoms with E-state index < -0.39 is 10.0 Å². The lowest BCUT2D eigenvalue weighted by atomic mass is 10.1. The Hall–Kier alpha value is -0.950. The average Bonchev–Trinajstić information content (AvgIpc) is 2.47. The molecule has 0 amide bonds. The van der Waals surface area contributed by atoms with Gasteiger partial charge in [0.05, 0.1) is 11.9 Å². The fraction of sp³-hybridized carbons (Fsp3) is 0.571. The molecule has 0 saturated carbocycles. The number of hydrogen-bond acceptors (Lipinski definition) is 4. The highest BCUT2D eigenvalue weighted by molar-refractivity contribution is 7.88. The van der Waals surface area contributed by atoms with Crippen LogP contribution in [0.3, 0.4) is 0 Å². The summed E-state index contributed by atoms with van der Waals surface area (Å²) in [7, 11) is -1.66. The number of nitrogens with two attached hydrogens (primary N) is 1. The van der Waals surface area contributed by atoms with Crippen molar-refractivity contribution in [3.05, 3.63) is 35.4 Å². The zero-order valence-electron chi connectivity index (χ0n) is 11.8. The monoisotopic (exact) mass is 298 g/mol. The molecule has 1 fully saturated rings. The van der Waals surface area contributed by atoms with Gasteiger partial charge in [0, 0.05) is 26.7 Å². The zero-order valence-corrected chi connectivity index (χ0v) is 12.6. The van der Waals surface area contributed by atoms with Crippen molar-refractivity contribution >= 4 is 10.0 Å². The molecule has 5 nitrogen and oxygen atoms in total. The first-order valence-electron chi connectivity index (χ1n) is 6.83. The van der Waals surface area contributed by atoms with Gasteiger partial charge in [-0.2, -0.15) is 4.31 Å². The molecular weight excluding hydrogens is 276 g/mol. The van der Waals surface area contributed by atoms with Gasteiger partial charge in [0.1, 0.15) is 0 Å². The molecule has 1 atom stereocenters. The van der Waals surface area contributed by atoms with Gasteiger partial charge in [-0.15, -0.1) is 0 Å². The van der Waals surface area contributed by atoms with Crippen molar-refractivity contribution in [3.63, 3.8) is 0 Å². The molecule has 0 aromatic heterocycles. The van der Waals surface area contributed by atoms with Crippen molar-refractivity contribution in [2.24, 2.45) is 5.73 Å². The Morgan fingerprint density at radius 2 is 2.15 bits per heavy atom. The van der Waals surface area contributed by atoms with Gasteiger partial charge in [-0.3, -0.25) is 0 Å². The van der Waals surface area contributed by atoms with Crippen LogP contribution in [0, 0.1) is 0 Å². The summed E-state index contributed by atoms with van der Waals surface area (Å²) in [4.78, 5) is 0.